The zero-order valence-electron chi connectivity index (χ0n) is 22.3. The fourth-order valence-electron chi connectivity index (χ4n) is 4.80. The molecule has 1 amide bonds. The topological polar surface area (TPSA) is 92.0 Å². The van der Waals surface area contributed by atoms with Gasteiger partial charge in [-0.3, -0.25) is 18.7 Å². The summed E-state index contributed by atoms with van der Waals surface area (Å²) in [6, 6.07) is 18.2. The smallest absolute Gasteiger partial charge is 0.332 e. The summed E-state index contributed by atoms with van der Waals surface area (Å²) < 4.78 is 19.0. The molecule has 5 rings (SSSR count). The molecule has 0 N–H and O–H groups in total. The second-order valence-electron chi connectivity index (χ2n) is 9.57. The number of aromatic nitrogens is 2. The molecule has 0 atom stereocenters. The van der Waals surface area contributed by atoms with Gasteiger partial charge in [-0.1, -0.05) is 42.0 Å². The Kier molecular flexibility index (Phi) is 7.51. The molecular weight excluding hydrogens is 498 g/mol. The first-order valence-corrected chi connectivity index (χ1v) is 12.8. The molecule has 1 aliphatic heterocycles. The van der Waals surface area contributed by atoms with E-state index >= 15 is 0 Å². The van der Waals surface area contributed by atoms with Gasteiger partial charge in [0.05, 0.1) is 51.4 Å². The Hall–Kier alpha value is -4.37. The number of ether oxygens (including phenoxy) is 3. The molecule has 0 saturated carbocycles. The maximum absolute atomic E-state index is 13.8. The molecule has 0 radical (unpaired) electrons. The number of carbonyl (C=O) groups is 1. The lowest BCUT2D eigenvalue weighted by Crippen LogP contribution is -2.41. The van der Waals surface area contributed by atoms with Crippen LogP contribution in [0.15, 0.2) is 70.3 Å². The lowest BCUT2D eigenvalue weighted by atomic mass is 10.1. The van der Waals surface area contributed by atoms with Gasteiger partial charge in [0.25, 0.3) is 11.5 Å². The highest BCUT2D eigenvalue weighted by molar-refractivity contribution is 5.94. The molecule has 1 saturated heterocycles. The molecule has 0 bridgehead atoms. The number of methoxy groups -OCH3 is 2. The fourth-order valence-corrected chi connectivity index (χ4v) is 4.80. The monoisotopic (exact) mass is 529 g/mol. The Morgan fingerprint density at radius 2 is 1.38 bits per heavy atom. The average molecular weight is 530 g/mol. The van der Waals surface area contributed by atoms with E-state index in [1.165, 1.54) is 18.8 Å². The van der Waals surface area contributed by atoms with Crippen molar-refractivity contribution in [1.82, 2.24) is 14.0 Å². The SMILES string of the molecule is COc1cc2c(=O)n(Cc3ccc(C(=O)N4CCOCC4)cc3)c(=O)n(Cc3ccc(C)cc3)c2cc1OC. The highest BCUT2D eigenvalue weighted by Gasteiger charge is 2.20. The fraction of sp³-hybridized carbons (Fsp3) is 0.300. The molecule has 1 aliphatic rings. The van der Waals surface area contributed by atoms with E-state index in [4.69, 9.17) is 14.2 Å². The van der Waals surface area contributed by atoms with Gasteiger partial charge in [-0.2, -0.15) is 0 Å². The normalized spacial score (nSPS) is 13.5. The van der Waals surface area contributed by atoms with Crippen LogP contribution < -0.4 is 20.7 Å². The highest BCUT2D eigenvalue weighted by Crippen LogP contribution is 2.30. The minimum atomic E-state index is -0.436. The molecule has 0 unspecified atom stereocenters. The molecule has 202 valence electrons. The second kappa shape index (κ2) is 11.2. The summed E-state index contributed by atoms with van der Waals surface area (Å²) in [5.41, 5.74) is 2.93. The lowest BCUT2D eigenvalue weighted by Gasteiger charge is -2.26. The highest BCUT2D eigenvalue weighted by atomic mass is 16.5. The molecule has 2 heterocycles. The van der Waals surface area contributed by atoms with Crippen molar-refractivity contribution in [3.05, 3.63) is 104 Å². The van der Waals surface area contributed by atoms with E-state index in [1.54, 1.807) is 45.9 Å². The van der Waals surface area contributed by atoms with Crippen molar-refractivity contribution >= 4 is 16.8 Å². The average Bonchev–Trinajstić information content (AvgIpc) is 2.98. The van der Waals surface area contributed by atoms with Crippen LogP contribution >= 0.6 is 0 Å². The second-order valence-corrected chi connectivity index (χ2v) is 9.57. The van der Waals surface area contributed by atoms with E-state index in [-0.39, 0.29) is 19.0 Å². The van der Waals surface area contributed by atoms with E-state index in [0.29, 0.717) is 54.3 Å². The van der Waals surface area contributed by atoms with Gasteiger partial charge in [0.2, 0.25) is 0 Å². The van der Waals surface area contributed by atoms with Crippen LogP contribution in [0.4, 0.5) is 0 Å². The van der Waals surface area contributed by atoms with E-state index in [2.05, 4.69) is 0 Å². The van der Waals surface area contributed by atoms with Crippen molar-refractivity contribution in [2.45, 2.75) is 20.0 Å². The number of morpholine rings is 1. The molecule has 0 spiro atoms. The number of hydrogen-bond acceptors (Lipinski definition) is 6. The molecule has 9 nitrogen and oxygen atoms in total. The molecule has 3 aromatic carbocycles. The third-order valence-electron chi connectivity index (χ3n) is 7.03. The van der Waals surface area contributed by atoms with E-state index in [0.717, 1.165) is 16.7 Å². The number of aryl methyl sites for hydroxylation is 1. The predicted molar refractivity (Wildman–Crippen MR) is 148 cm³/mol. The van der Waals surface area contributed by atoms with Gasteiger partial charge >= 0.3 is 5.69 Å². The number of fused-ring (bicyclic) bond motifs is 1. The van der Waals surface area contributed by atoms with Crippen LogP contribution in [0.3, 0.4) is 0 Å². The Balaban J connectivity index is 1.56. The number of benzene rings is 3. The maximum Gasteiger partial charge on any atom is 0.332 e. The molecule has 1 fully saturated rings. The number of amides is 1. The third-order valence-corrected chi connectivity index (χ3v) is 7.03. The zero-order valence-corrected chi connectivity index (χ0v) is 22.3. The van der Waals surface area contributed by atoms with Crippen LogP contribution in [0.25, 0.3) is 10.9 Å². The molecule has 4 aromatic rings. The minimum Gasteiger partial charge on any atom is -0.493 e. The molecule has 0 aliphatic carbocycles. The Morgan fingerprint density at radius 3 is 2.00 bits per heavy atom. The van der Waals surface area contributed by atoms with Crippen molar-refractivity contribution in [3.63, 3.8) is 0 Å². The van der Waals surface area contributed by atoms with Gasteiger partial charge in [-0.15, -0.1) is 0 Å². The summed E-state index contributed by atoms with van der Waals surface area (Å²) in [5, 5.41) is 0.346. The van der Waals surface area contributed by atoms with Gasteiger partial charge in [-0.25, -0.2) is 4.79 Å². The quantitative estimate of drug-likeness (QED) is 0.366. The summed E-state index contributed by atoms with van der Waals surface area (Å²) in [6.07, 6.45) is 0. The van der Waals surface area contributed by atoms with Gasteiger partial charge in [0.1, 0.15) is 0 Å². The Morgan fingerprint density at radius 1 is 0.821 bits per heavy atom. The summed E-state index contributed by atoms with van der Waals surface area (Å²) in [4.78, 5) is 42.0. The van der Waals surface area contributed by atoms with Crippen LogP contribution in [0.1, 0.15) is 27.0 Å². The molecule has 1 aromatic heterocycles. The van der Waals surface area contributed by atoms with E-state index < -0.39 is 11.2 Å². The third kappa shape index (κ3) is 5.31. The van der Waals surface area contributed by atoms with Gasteiger partial charge < -0.3 is 19.1 Å². The summed E-state index contributed by atoms with van der Waals surface area (Å²) >= 11 is 0. The number of hydrogen-bond donors (Lipinski definition) is 0. The standard InChI is InChI=1S/C30H31N3O6/c1-20-4-6-21(7-5-20)18-32-25-17-27(38-3)26(37-2)16-24(25)29(35)33(30(32)36)19-22-8-10-23(11-9-22)28(34)31-12-14-39-15-13-31/h4-11,16-17H,12-15,18-19H2,1-3H3. The van der Waals surface area contributed by atoms with Crippen molar-refractivity contribution in [2.75, 3.05) is 40.5 Å². The van der Waals surface area contributed by atoms with Crippen LogP contribution in [0.2, 0.25) is 0 Å². The maximum atomic E-state index is 13.8. The first kappa shape index (κ1) is 26.2. The van der Waals surface area contributed by atoms with Gasteiger partial charge in [0, 0.05) is 24.7 Å². The first-order chi connectivity index (χ1) is 18.9. The lowest BCUT2D eigenvalue weighted by molar-refractivity contribution is 0.0303. The van der Waals surface area contributed by atoms with Gasteiger partial charge in [-0.05, 0) is 36.2 Å². The molecule has 9 heteroatoms. The van der Waals surface area contributed by atoms with Crippen LogP contribution in [-0.2, 0) is 17.8 Å². The summed E-state index contributed by atoms with van der Waals surface area (Å²) in [6.45, 7) is 4.51. The Bertz CT molecular complexity index is 1610. The Labute approximate surface area is 225 Å². The largest absolute Gasteiger partial charge is 0.493 e. The minimum absolute atomic E-state index is 0.0574. The van der Waals surface area contributed by atoms with Crippen LogP contribution in [0.5, 0.6) is 11.5 Å². The van der Waals surface area contributed by atoms with Crippen LogP contribution in [-0.4, -0.2) is 60.5 Å². The summed E-state index contributed by atoms with van der Waals surface area (Å²) in [5.74, 6) is 0.772. The van der Waals surface area contributed by atoms with Crippen molar-refractivity contribution < 1.29 is 19.0 Å². The predicted octanol–water partition coefficient (Wildman–Crippen LogP) is 3.06. The number of carbonyl (C=O) groups excluding carboxylic acids is 1. The van der Waals surface area contributed by atoms with Crippen molar-refractivity contribution in [2.24, 2.45) is 0 Å². The first-order valence-electron chi connectivity index (χ1n) is 12.8. The number of rotatable bonds is 7. The molecular formula is C30H31N3O6. The van der Waals surface area contributed by atoms with Crippen molar-refractivity contribution in [1.29, 1.82) is 0 Å². The van der Waals surface area contributed by atoms with Crippen LogP contribution in [0, 0.1) is 6.92 Å². The van der Waals surface area contributed by atoms with E-state index in [1.807, 2.05) is 31.2 Å². The number of nitrogens with zero attached hydrogens (tertiary/aromatic N) is 3. The summed E-state index contributed by atoms with van der Waals surface area (Å²) in [7, 11) is 3.02. The van der Waals surface area contributed by atoms with Gasteiger partial charge in [0.15, 0.2) is 11.5 Å². The van der Waals surface area contributed by atoms with E-state index in [9.17, 15) is 14.4 Å². The van der Waals surface area contributed by atoms with Crippen molar-refractivity contribution in [3.8, 4) is 11.5 Å². The zero-order chi connectivity index (χ0) is 27.5. The molecule has 39 heavy (non-hydrogen) atoms.